The first-order valence-electron chi connectivity index (χ1n) is 9.39. The van der Waals surface area contributed by atoms with Crippen molar-refractivity contribution in [2.45, 2.75) is 6.42 Å². The molecular formula is C23H18F2N2O3. The first-order valence-corrected chi connectivity index (χ1v) is 9.39. The quantitative estimate of drug-likeness (QED) is 0.663. The fourth-order valence-corrected chi connectivity index (χ4v) is 3.34. The molecule has 0 aromatic heterocycles. The molecule has 3 aromatic rings. The monoisotopic (exact) mass is 408 g/mol. The third-order valence-electron chi connectivity index (χ3n) is 4.81. The second-order valence-electron chi connectivity index (χ2n) is 6.90. The highest BCUT2D eigenvalue weighted by atomic mass is 19.1. The molecule has 1 atom stereocenters. The van der Waals surface area contributed by atoms with Gasteiger partial charge < -0.3 is 15.0 Å². The maximum Gasteiger partial charge on any atom is 0.229 e. The van der Waals surface area contributed by atoms with Gasteiger partial charge in [-0.05, 0) is 36.4 Å². The molecule has 0 aliphatic carbocycles. The maximum atomic E-state index is 14.0. The lowest BCUT2D eigenvalue weighted by Gasteiger charge is -2.18. The molecule has 1 aliphatic rings. The summed E-state index contributed by atoms with van der Waals surface area (Å²) >= 11 is 0. The molecule has 0 bridgehead atoms. The van der Waals surface area contributed by atoms with Gasteiger partial charge in [0.2, 0.25) is 11.8 Å². The SMILES string of the molecule is O=C(Nc1ccccc1Oc1cccc(F)c1)C1CC(=O)N(c2ccccc2F)C1. The van der Waals surface area contributed by atoms with Crippen LogP contribution in [0.5, 0.6) is 11.5 Å². The minimum atomic E-state index is -0.640. The number of nitrogens with one attached hydrogen (secondary N) is 1. The van der Waals surface area contributed by atoms with Crippen molar-refractivity contribution in [3.8, 4) is 11.5 Å². The molecule has 30 heavy (non-hydrogen) atoms. The summed E-state index contributed by atoms with van der Waals surface area (Å²) in [6.07, 6.45) is -0.0207. The van der Waals surface area contributed by atoms with E-state index in [1.165, 1.54) is 35.2 Å². The minimum Gasteiger partial charge on any atom is -0.455 e. The topological polar surface area (TPSA) is 58.6 Å². The lowest BCUT2D eigenvalue weighted by Crippen LogP contribution is -2.28. The lowest BCUT2D eigenvalue weighted by molar-refractivity contribution is -0.122. The van der Waals surface area contributed by atoms with Gasteiger partial charge in [-0.1, -0.05) is 30.3 Å². The average Bonchev–Trinajstić information content (AvgIpc) is 3.11. The van der Waals surface area contributed by atoms with Gasteiger partial charge in [0.1, 0.15) is 17.4 Å². The van der Waals surface area contributed by atoms with E-state index in [1.807, 2.05) is 0 Å². The molecule has 5 nitrogen and oxygen atoms in total. The van der Waals surface area contributed by atoms with Crippen LogP contribution in [0.3, 0.4) is 0 Å². The number of nitrogens with zero attached hydrogens (tertiary/aromatic N) is 1. The van der Waals surface area contributed by atoms with E-state index in [1.54, 1.807) is 42.5 Å². The maximum absolute atomic E-state index is 14.0. The Morgan fingerprint density at radius 3 is 2.57 bits per heavy atom. The highest BCUT2D eigenvalue weighted by Crippen LogP contribution is 2.32. The number of carbonyl (C=O) groups is 2. The Balaban J connectivity index is 1.48. The van der Waals surface area contributed by atoms with E-state index >= 15 is 0 Å². The summed E-state index contributed by atoms with van der Waals surface area (Å²) in [5.74, 6) is -1.65. The number of hydrogen-bond acceptors (Lipinski definition) is 3. The smallest absolute Gasteiger partial charge is 0.229 e. The van der Waals surface area contributed by atoms with E-state index < -0.39 is 17.6 Å². The van der Waals surface area contributed by atoms with Crippen LogP contribution in [0.1, 0.15) is 6.42 Å². The van der Waals surface area contributed by atoms with Gasteiger partial charge in [0.15, 0.2) is 5.75 Å². The Morgan fingerprint density at radius 1 is 1.00 bits per heavy atom. The molecule has 1 aliphatic heterocycles. The van der Waals surface area contributed by atoms with E-state index in [0.717, 1.165) is 0 Å². The molecule has 0 saturated carbocycles. The normalized spacial score (nSPS) is 15.9. The standard InChI is InChI=1S/C23H18F2N2O3/c24-16-6-5-7-17(13-16)30-21-11-4-2-9-19(21)26-23(29)15-12-22(28)27(14-15)20-10-3-1-8-18(20)25/h1-11,13,15H,12,14H2,(H,26,29). The first-order chi connectivity index (χ1) is 14.5. The molecule has 0 radical (unpaired) electrons. The van der Waals surface area contributed by atoms with Gasteiger partial charge in [-0.15, -0.1) is 0 Å². The molecular weight excluding hydrogens is 390 g/mol. The summed E-state index contributed by atoms with van der Waals surface area (Å²) in [5, 5.41) is 2.76. The Hall–Kier alpha value is -3.74. The number of hydrogen-bond donors (Lipinski definition) is 1. The van der Waals surface area contributed by atoms with Gasteiger partial charge in [0.25, 0.3) is 0 Å². The van der Waals surface area contributed by atoms with Crippen LogP contribution in [0.25, 0.3) is 0 Å². The van der Waals surface area contributed by atoms with Crippen LogP contribution in [0, 0.1) is 17.6 Å². The Labute approximate surface area is 171 Å². The molecule has 0 spiro atoms. The third-order valence-corrected chi connectivity index (χ3v) is 4.81. The molecule has 4 rings (SSSR count). The van der Waals surface area contributed by atoms with Crippen LogP contribution in [0.2, 0.25) is 0 Å². The summed E-state index contributed by atoms with van der Waals surface area (Å²) in [6, 6.07) is 18.4. The number of anilines is 2. The Bertz CT molecular complexity index is 1100. The highest BCUT2D eigenvalue weighted by Gasteiger charge is 2.36. The molecule has 1 heterocycles. The number of carbonyl (C=O) groups excluding carboxylic acids is 2. The lowest BCUT2D eigenvalue weighted by atomic mass is 10.1. The van der Waals surface area contributed by atoms with Crippen LogP contribution < -0.4 is 15.0 Å². The predicted octanol–water partition coefficient (Wildman–Crippen LogP) is 4.75. The number of amides is 2. The predicted molar refractivity (Wildman–Crippen MR) is 108 cm³/mol. The van der Waals surface area contributed by atoms with Gasteiger partial charge >= 0.3 is 0 Å². The van der Waals surface area contributed by atoms with Crippen LogP contribution in [-0.4, -0.2) is 18.4 Å². The molecule has 7 heteroatoms. The average molecular weight is 408 g/mol. The van der Waals surface area contributed by atoms with E-state index in [9.17, 15) is 18.4 Å². The highest BCUT2D eigenvalue weighted by molar-refractivity contribution is 6.04. The van der Waals surface area contributed by atoms with Crippen LogP contribution in [-0.2, 0) is 9.59 Å². The van der Waals surface area contributed by atoms with Crippen LogP contribution in [0.4, 0.5) is 20.2 Å². The van der Waals surface area contributed by atoms with Crippen LogP contribution in [0.15, 0.2) is 72.8 Å². The Kier molecular flexibility index (Phi) is 5.43. The zero-order valence-corrected chi connectivity index (χ0v) is 15.8. The Morgan fingerprint density at radius 2 is 1.77 bits per heavy atom. The second-order valence-corrected chi connectivity index (χ2v) is 6.90. The van der Waals surface area contributed by atoms with Crippen molar-refractivity contribution in [1.29, 1.82) is 0 Å². The van der Waals surface area contributed by atoms with Gasteiger partial charge in [0, 0.05) is 19.0 Å². The van der Waals surface area contributed by atoms with Crippen molar-refractivity contribution < 1.29 is 23.1 Å². The van der Waals surface area contributed by atoms with E-state index in [4.69, 9.17) is 4.74 Å². The summed E-state index contributed by atoms with van der Waals surface area (Å²) in [5.41, 5.74) is 0.552. The van der Waals surface area contributed by atoms with Crippen molar-refractivity contribution in [3.05, 3.63) is 84.4 Å². The molecule has 2 amide bonds. The molecule has 1 unspecified atom stereocenters. The number of rotatable bonds is 5. The number of ether oxygens (including phenoxy) is 1. The van der Waals surface area contributed by atoms with Crippen molar-refractivity contribution in [3.63, 3.8) is 0 Å². The van der Waals surface area contributed by atoms with E-state index in [2.05, 4.69) is 5.32 Å². The number of benzene rings is 3. The van der Waals surface area contributed by atoms with Crippen molar-refractivity contribution in [2.75, 3.05) is 16.8 Å². The number of halogens is 2. The minimum absolute atomic E-state index is 0.0207. The summed E-state index contributed by atoms with van der Waals surface area (Å²) < 4.78 is 33.2. The second kappa shape index (κ2) is 8.32. The largest absolute Gasteiger partial charge is 0.455 e. The third kappa shape index (κ3) is 4.15. The fourth-order valence-electron chi connectivity index (χ4n) is 3.34. The zero-order valence-electron chi connectivity index (χ0n) is 15.8. The van der Waals surface area contributed by atoms with Crippen molar-refractivity contribution >= 4 is 23.2 Å². The summed E-state index contributed by atoms with van der Waals surface area (Å²) in [4.78, 5) is 26.4. The van der Waals surface area contributed by atoms with E-state index in [0.29, 0.717) is 17.2 Å². The van der Waals surface area contributed by atoms with Crippen molar-refractivity contribution in [2.24, 2.45) is 5.92 Å². The molecule has 3 aromatic carbocycles. The first kappa shape index (κ1) is 19.6. The number of para-hydroxylation sites is 3. The van der Waals surface area contributed by atoms with Crippen molar-refractivity contribution in [1.82, 2.24) is 0 Å². The molecule has 152 valence electrons. The van der Waals surface area contributed by atoms with Crippen LogP contribution >= 0.6 is 0 Å². The van der Waals surface area contributed by atoms with Gasteiger partial charge in [-0.2, -0.15) is 0 Å². The molecule has 1 N–H and O–H groups in total. The molecule has 1 saturated heterocycles. The summed E-state index contributed by atoms with van der Waals surface area (Å²) in [7, 11) is 0. The van der Waals surface area contributed by atoms with Gasteiger partial charge in [0.05, 0.1) is 17.3 Å². The molecule has 1 fully saturated rings. The summed E-state index contributed by atoms with van der Waals surface area (Å²) in [6.45, 7) is 0.0819. The van der Waals surface area contributed by atoms with Gasteiger partial charge in [-0.25, -0.2) is 8.78 Å². The van der Waals surface area contributed by atoms with Gasteiger partial charge in [-0.3, -0.25) is 9.59 Å². The van der Waals surface area contributed by atoms with E-state index in [-0.39, 0.29) is 30.5 Å². The fraction of sp³-hybridized carbons (Fsp3) is 0.130. The zero-order chi connectivity index (χ0) is 21.1.